The van der Waals surface area contributed by atoms with Gasteiger partial charge in [0.15, 0.2) is 5.96 Å². The first-order chi connectivity index (χ1) is 10.6. The zero-order valence-corrected chi connectivity index (χ0v) is 14.8. The van der Waals surface area contributed by atoms with Gasteiger partial charge in [-0.3, -0.25) is 4.99 Å². The number of rotatable bonds is 5. The van der Waals surface area contributed by atoms with Crippen LogP contribution in [0.5, 0.6) is 0 Å². The Morgan fingerprint density at radius 3 is 2.82 bits per heavy atom. The maximum absolute atomic E-state index is 5.82. The van der Waals surface area contributed by atoms with Crippen LogP contribution in [0.25, 0.3) is 0 Å². The molecule has 2 atom stereocenters. The zero-order valence-electron chi connectivity index (χ0n) is 14.8. The van der Waals surface area contributed by atoms with Gasteiger partial charge in [-0.1, -0.05) is 13.8 Å². The van der Waals surface area contributed by atoms with E-state index in [1.165, 1.54) is 12.8 Å². The molecular formula is C17H34N4O. The Labute approximate surface area is 136 Å². The molecule has 0 aliphatic carbocycles. The predicted octanol–water partition coefficient (Wildman–Crippen LogP) is 1.65. The van der Waals surface area contributed by atoms with Crippen molar-refractivity contribution in [2.24, 2.45) is 16.8 Å². The van der Waals surface area contributed by atoms with E-state index >= 15 is 0 Å². The van der Waals surface area contributed by atoms with Gasteiger partial charge in [0.2, 0.25) is 0 Å². The van der Waals surface area contributed by atoms with Crippen molar-refractivity contribution in [1.29, 1.82) is 0 Å². The summed E-state index contributed by atoms with van der Waals surface area (Å²) in [5.41, 5.74) is 0. The first-order valence-corrected chi connectivity index (χ1v) is 8.91. The van der Waals surface area contributed by atoms with Crippen molar-refractivity contribution in [3.63, 3.8) is 0 Å². The van der Waals surface area contributed by atoms with E-state index in [4.69, 9.17) is 9.73 Å². The third-order valence-electron chi connectivity index (χ3n) is 4.51. The maximum Gasteiger partial charge on any atom is 0.194 e. The van der Waals surface area contributed by atoms with Crippen LogP contribution in [0.15, 0.2) is 4.99 Å². The van der Waals surface area contributed by atoms with Crippen molar-refractivity contribution >= 4 is 5.96 Å². The molecule has 2 heterocycles. The highest BCUT2D eigenvalue weighted by atomic mass is 16.5. The number of likely N-dealkylation sites (tertiary alicyclic amines) is 1. The number of guanidine groups is 1. The van der Waals surface area contributed by atoms with E-state index in [9.17, 15) is 0 Å². The Hall–Kier alpha value is -0.810. The topological polar surface area (TPSA) is 40.1 Å². The van der Waals surface area contributed by atoms with E-state index in [0.29, 0.717) is 0 Å². The van der Waals surface area contributed by atoms with Gasteiger partial charge >= 0.3 is 0 Å². The number of aliphatic imine (C=N–C) groups is 1. The SMILES string of the molecule is CCNC(=NCC1CN(C)CCO1)N1CCC(CC(C)C)C1. The lowest BCUT2D eigenvalue weighted by Crippen LogP contribution is -2.44. The smallest absolute Gasteiger partial charge is 0.194 e. The molecule has 5 heteroatoms. The second-order valence-electron chi connectivity index (χ2n) is 7.18. The van der Waals surface area contributed by atoms with Crippen molar-refractivity contribution in [1.82, 2.24) is 15.1 Å². The summed E-state index contributed by atoms with van der Waals surface area (Å²) >= 11 is 0. The summed E-state index contributed by atoms with van der Waals surface area (Å²) in [6.45, 7) is 13.6. The van der Waals surface area contributed by atoms with Gasteiger partial charge < -0.3 is 19.9 Å². The van der Waals surface area contributed by atoms with Crippen molar-refractivity contribution in [3.05, 3.63) is 0 Å². The minimum atomic E-state index is 0.237. The average Bonchev–Trinajstić information content (AvgIpc) is 2.91. The molecule has 5 nitrogen and oxygen atoms in total. The summed E-state index contributed by atoms with van der Waals surface area (Å²) in [6.07, 6.45) is 2.86. The number of ether oxygens (including phenoxy) is 1. The molecule has 0 spiro atoms. The molecule has 0 aromatic carbocycles. The van der Waals surface area contributed by atoms with Gasteiger partial charge in [-0.15, -0.1) is 0 Å². The van der Waals surface area contributed by atoms with E-state index in [1.807, 2.05) is 0 Å². The minimum Gasteiger partial charge on any atom is -0.374 e. The van der Waals surface area contributed by atoms with E-state index < -0.39 is 0 Å². The van der Waals surface area contributed by atoms with Crippen LogP contribution in [0.1, 0.15) is 33.6 Å². The fourth-order valence-electron chi connectivity index (χ4n) is 3.48. The molecule has 2 saturated heterocycles. The molecule has 1 N–H and O–H groups in total. The number of hydrogen-bond acceptors (Lipinski definition) is 3. The molecule has 2 fully saturated rings. The van der Waals surface area contributed by atoms with Gasteiger partial charge in [-0.05, 0) is 38.6 Å². The lowest BCUT2D eigenvalue weighted by atomic mass is 9.97. The standard InChI is InChI=1S/C17H34N4O/c1-5-18-17(19-11-16-13-20(4)8-9-22-16)21-7-6-15(12-21)10-14(2)3/h14-16H,5-13H2,1-4H3,(H,18,19). The molecule has 22 heavy (non-hydrogen) atoms. The van der Waals surface area contributed by atoms with Crippen LogP contribution in [0, 0.1) is 11.8 Å². The van der Waals surface area contributed by atoms with Crippen LogP contribution >= 0.6 is 0 Å². The molecule has 0 radical (unpaired) electrons. The third-order valence-corrected chi connectivity index (χ3v) is 4.51. The lowest BCUT2D eigenvalue weighted by molar-refractivity contribution is -0.0137. The number of nitrogens with zero attached hydrogens (tertiary/aromatic N) is 3. The van der Waals surface area contributed by atoms with Crippen molar-refractivity contribution in [2.75, 3.05) is 52.9 Å². The molecule has 2 rings (SSSR count). The number of morpholine rings is 1. The molecule has 2 unspecified atom stereocenters. The monoisotopic (exact) mass is 310 g/mol. The number of likely N-dealkylation sites (N-methyl/N-ethyl adjacent to an activating group) is 1. The first-order valence-electron chi connectivity index (χ1n) is 8.91. The Morgan fingerprint density at radius 2 is 2.14 bits per heavy atom. The van der Waals surface area contributed by atoms with Gasteiger partial charge in [0, 0.05) is 32.7 Å². The quantitative estimate of drug-likeness (QED) is 0.619. The van der Waals surface area contributed by atoms with Crippen LogP contribution in [-0.4, -0.2) is 74.8 Å². The van der Waals surface area contributed by atoms with E-state index in [-0.39, 0.29) is 6.10 Å². The van der Waals surface area contributed by atoms with Crippen molar-refractivity contribution in [2.45, 2.75) is 39.7 Å². The average molecular weight is 310 g/mol. The van der Waals surface area contributed by atoms with Gasteiger partial charge in [0.25, 0.3) is 0 Å². The lowest BCUT2D eigenvalue weighted by Gasteiger charge is -2.29. The largest absolute Gasteiger partial charge is 0.374 e. The normalized spacial score (nSPS) is 27.7. The summed E-state index contributed by atoms with van der Waals surface area (Å²) in [4.78, 5) is 9.61. The van der Waals surface area contributed by atoms with Gasteiger partial charge in [0.05, 0.1) is 19.3 Å². The summed E-state index contributed by atoms with van der Waals surface area (Å²) in [5, 5.41) is 3.46. The molecule has 2 aliphatic rings. The molecule has 0 amide bonds. The summed E-state index contributed by atoms with van der Waals surface area (Å²) in [7, 11) is 2.15. The molecule has 0 bridgehead atoms. The Bertz CT molecular complexity index is 359. The van der Waals surface area contributed by atoms with Gasteiger partial charge in [-0.25, -0.2) is 0 Å². The fourth-order valence-corrected chi connectivity index (χ4v) is 3.48. The van der Waals surface area contributed by atoms with E-state index in [0.717, 1.165) is 63.7 Å². The molecule has 0 aromatic heterocycles. The van der Waals surface area contributed by atoms with Crippen LogP contribution < -0.4 is 5.32 Å². The highest BCUT2D eigenvalue weighted by Crippen LogP contribution is 2.23. The van der Waals surface area contributed by atoms with Crippen LogP contribution in [0.4, 0.5) is 0 Å². The zero-order chi connectivity index (χ0) is 15.9. The Balaban J connectivity index is 1.87. The highest BCUT2D eigenvalue weighted by molar-refractivity contribution is 5.80. The number of hydrogen-bond donors (Lipinski definition) is 1. The van der Waals surface area contributed by atoms with Gasteiger partial charge in [0.1, 0.15) is 0 Å². The fraction of sp³-hybridized carbons (Fsp3) is 0.941. The van der Waals surface area contributed by atoms with Crippen LogP contribution in [-0.2, 0) is 4.74 Å². The van der Waals surface area contributed by atoms with Gasteiger partial charge in [-0.2, -0.15) is 0 Å². The van der Waals surface area contributed by atoms with E-state index in [1.54, 1.807) is 0 Å². The summed E-state index contributed by atoms with van der Waals surface area (Å²) in [5.74, 6) is 2.68. The molecule has 2 aliphatic heterocycles. The number of nitrogens with one attached hydrogen (secondary N) is 1. The van der Waals surface area contributed by atoms with Crippen molar-refractivity contribution in [3.8, 4) is 0 Å². The van der Waals surface area contributed by atoms with Crippen LogP contribution in [0.2, 0.25) is 0 Å². The molecule has 128 valence electrons. The second-order valence-corrected chi connectivity index (χ2v) is 7.18. The first kappa shape index (κ1) is 17.5. The Morgan fingerprint density at radius 1 is 1.32 bits per heavy atom. The Kier molecular flexibility index (Phi) is 6.96. The van der Waals surface area contributed by atoms with Crippen molar-refractivity contribution < 1.29 is 4.74 Å². The van der Waals surface area contributed by atoms with E-state index in [2.05, 4.69) is 42.9 Å². The second kappa shape index (κ2) is 8.73. The molecular weight excluding hydrogens is 276 g/mol. The molecule has 0 aromatic rings. The minimum absolute atomic E-state index is 0.237. The highest BCUT2D eigenvalue weighted by Gasteiger charge is 2.26. The maximum atomic E-state index is 5.82. The third kappa shape index (κ3) is 5.43. The predicted molar refractivity (Wildman–Crippen MR) is 92.4 cm³/mol. The summed E-state index contributed by atoms with van der Waals surface area (Å²) in [6, 6.07) is 0. The molecule has 0 saturated carbocycles. The summed E-state index contributed by atoms with van der Waals surface area (Å²) < 4.78 is 5.82. The van der Waals surface area contributed by atoms with Crippen LogP contribution in [0.3, 0.4) is 0 Å².